The molecule has 0 saturated heterocycles. The topological polar surface area (TPSA) is 45.8 Å². The van der Waals surface area contributed by atoms with Crippen LogP contribution in [0.1, 0.15) is 31.8 Å². The zero-order valence-electron chi connectivity index (χ0n) is 8.97. The summed E-state index contributed by atoms with van der Waals surface area (Å²) in [7, 11) is 0. The number of aryl methyl sites for hydroxylation is 1. The Morgan fingerprint density at radius 3 is 2.80 bits per heavy atom. The summed E-state index contributed by atoms with van der Waals surface area (Å²) in [6.07, 6.45) is 1.97. The van der Waals surface area contributed by atoms with E-state index in [0.717, 1.165) is 39.4 Å². The molecule has 0 fully saturated rings. The highest BCUT2D eigenvalue weighted by molar-refractivity contribution is 14.1. The standard InChI is InChI=1S/C10H15IN2OS/c1-3-5-15-6-8-12-7(4-2)9(11)10(14)13-8/h3-6H2,1-2H3,(H,12,13,14). The third-order valence-electron chi connectivity index (χ3n) is 1.90. The summed E-state index contributed by atoms with van der Waals surface area (Å²) in [6, 6.07) is 0. The van der Waals surface area contributed by atoms with E-state index in [4.69, 9.17) is 0 Å². The molecule has 0 aliphatic carbocycles. The predicted molar refractivity (Wildman–Crippen MR) is 73.4 cm³/mol. The van der Waals surface area contributed by atoms with Gasteiger partial charge >= 0.3 is 0 Å². The molecule has 0 aliphatic heterocycles. The van der Waals surface area contributed by atoms with Crippen LogP contribution in [0.2, 0.25) is 0 Å². The summed E-state index contributed by atoms with van der Waals surface area (Å²) in [5, 5.41) is 0. The first-order valence-electron chi connectivity index (χ1n) is 5.04. The van der Waals surface area contributed by atoms with E-state index in [1.165, 1.54) is 0 Å². The minimum atomic E-state index is -0.00505. The second-order valence-electron chi connectivity index (χ2n) is 3.18. The van der Waals surface area contributed by atoms with Crippen LogP contribution in [0, 0.1) is 3.57 Å². The maximum absolute atomic E-state index is 11.5. The fourth-order valence-corrected chi connectivity index (χ4v) is 2.57. The Labute approximate surface area is 108 Å². The number of thioether (sulfide) groups is 1. The van der Waals surface area contributed by atoms with Crippen molar-refractivity contribution in [2.45, 2.75) is 32.4 Å². The van der Waals surface area contributed by atoms with Gasteiger partial charge in [-0.2, -0.15) is 11.8 Å². The minimum absolute atomic E-state index is 0.00505. The average molecular weight is 338 g/mol. The predicted octanol–water partition coefficient (Wildman–Crippen LogP) is 2.58. The fourth-order valence-electron chi connectivity index (χ4n) is 1.17. The Hall–Kier alpha value is -0.0400. The molecule has 0 unspecified atom stereocenters. The SMILES string of the molecule is CCCSCc1nc(CC)c(I)c(=O)[nH]1. The van der Waals surface area contributed by atoms with Crippen LogP contribution < -0.4 is 5.56 Å². The molecule has 5 heteroatoms. The molecule has 1 rings (SSSR count). The van der Waals surface area contributed by atoms with Gasteiger partial charge in [-0.1, -0.05) is 13.8 Å². The third kappa shape index (κ3) is 3.79. The van der Waals surface area contributed by atoms with Gasteiger partial charge in [0.05, 0.1) is 15.0 Å². The minimum Gasteiger partial charge on any atom is -0.309 e. The zero-order chi connectivity index (χ0) is 11.3. The Kier molecular flexibility index (Phi) is 5.66. The average Bonchev–Trinajstić information content (AvgIpc) is 2.23. The summed E-state index contributed by atoms with van der Waals surface area (Å²) >= 11 is 3.86. The van der Waals surface area contributed by atoms with Crippen molar-refractivity contribution in [3.63, 3.8) is 0 Å². The van der Waals surface area contributed by atoms with E-state index in [-0.39, 0.29) is 5.56 Å². The summed E-state index contributed by atoms with van der Waals surface area (Å²) in [4.78, 5) is 18.8. The molecule has 1 aromatic heterocycles. The van der Waals surface area contributed by atoms with Crippen molar-refractivity contribution in [3.05, 3.63) is 25.4 Å². The molecular weight excluding hydrogens is 323 g/mol. The number of aromatic amines is 1. The van der Waals surface area contributed by atoms with E-state index in [9.17, 15) is 4.79 Å². The molecule has 0 radical (unpaired) electrons. The van der Waals surface area contributed by atoms with Crippen LogP contribution in [0.25, 0.3) is 0 Å². The fraction of sp³-hybridized carbons (Fsp3) is 0.600. The lowest BCUT2D eigenvalue weighted by atomic mass is 10.3. The van der Waals surface area contributed by atoms with Gasteiger partial charge in [0, 0.05) is 0 Å². The van der Waals surface area contributed by atoms with Gasteiger partial charge < -0.3 is 4.98 Å². The maximum Gasteiger partial charge on any atom is 0.264 e. The van der Waals surface area contributed by atoms with Crippen LogP contribution in [-0.4, -0.2) is 15.7 Å². The van der Waals surface area contributed by atoms with E-state index in [0.29, 0.717) is 0 Å². The van der Waals surface area contributed by atoms with Gasteiger partial charge in [-0.15, -0.1) is 0 Å². The Morgan fingerprint density at radius 2 is 2.20 bits per heavy atom. The Balaban J connectivity index is 2.82. The molecule has 0 spiro atoms. The number of hydrogen-bond donors (Lipinski definition) is 1. The molecule has 0 aromatic carbocycles. The van der Waals surface area contributed by atoms with Crippen LogP contribution in [0.15, 0.2) is 4.79 Å². The summed E-state index contributed by atoms with van der Waals surface area (Å²) in [6.45, 7) is 4.17. The molecule has 0 aliphatic rings. The lowest BCUT2D eigenvalue weighted by molar-refractivity contribution is 0.904. The van der Waals surface area contributed by atoms with E-state index in [1.54, 1.807) is 11.8 Å². The van der Waals surface area contributed by atoms with Crippen molar-refractivity contribution in [3.8, 4) is 0 Å². The summed E-state index contributed by atoms with van der Waals surface area (Å²) in [5.41, 5.74) is 0.904. The Bertz CT molecular complexity index is 378. The number of H-pyrrole nitrogens is 1. The van der Waals surface area contributed by atoms with Gasteiger partial charge in [0.15, 0.2) is 0 Å². The highest BCUT2D eigenvalue weighted by Crippen LogP contribution is 2.11. The lowest BCUT2D eigenvalue weighted by Crippen LogP contribution is -2.17. The van der Waals surface area contributed by atoms with Crippen LogP contribution in [-0.2, 0) is 12.2 Å². The van der Waals surface area contributed by atoms with Crippen molar-refractivity contribution in [2.24, 2.45) is 0 Å². The molecule has 0 atom stereocenters. The van der Waals surface area contributed by atoms with Crippen LogP contribution in [0.4, 0.5) is 0 Å². The van der Waals surface area contributed by atoms with Crippen LogP contribution >= 0.6 is 34.4 Å². The van der Waals surface area contributed by atoms with Gasteiger partial charge in [0.1, 0.15) is 5.82 Å². The highest BCUT2D eigenvalue weighted by atomic mass is 127. The third-order valence-corrected chi connectivity index (χ3v) is 4.19. The monoisotopic (exact) mass is 338 g/mol. The van der Waals surface area contributed by atoms with E-state index >= 15 is 0 Å². The van der Waals surface area contributed by atoms with Crippen molar-refractivity contribution >= 4 is 34.4 Å². The van der Waals surface area contributed by atoms with Gasteiger partial charge in [-0.3, -0.25) is 4.79 Å². The largest absolute Gasteiger partial charge is 0.309 e. The molecule has 84 valence electrons. The van der Waals surface area contributed by atoms with Crippen molar-refractivity contribution < 1.29 is 0 Å². The van der Waals surface area contributed by atoms with E-state index in [1.807, 2.05) is 6.92 Å². The first-order chi connectivity index (χ1) is 7.19. The quantitative estimate of drug-likeness (QED) is 0.663. The molecule has 1 N–H and O–H groups in total. The van der Waals surface area contributed by atoms with E-state index in [2.05, 4.69) is 39.5 Å². The van der Waals surface area contributed by atoms with Crippen LogP contribution in [0.5, 0.6) is 0 Å². The number of halogens is 1. The number of hydrogen-bond acceptors (Lipinski definition) is 3. The number of nitrogens with one attached hydrogen (secondary N) is 1. The van der Waals surface area contributed by atoms with E-state index < -0.39 is 0 Å². The Morgan fingerprint density at radius 1 is 1.47 bits per heavy atom. The number of rotatable bonds is 5. The van der Waals surface area contributed by atoms with Gasteiger partial charge in [0.25, 0.3) is 5.56 Å². The second-order valence-corrected chi connectivity index (χ2v) is 5.36. The van der Waals surface area contributed by atoms with Crippen molar-refractivity contribution in [2.75, 3.05) is 5.75 Å². The van der Waals surface area contributed by atoms with Crippen molar-refractivity contribution in [1.82, 2.24) is 9.97 Å². The first kappa shape index (κ1) is 13.0. The molecule has 1 aromatic rings. The summed E-state index contributed by atoms with van der Waals surface area (Å²) in [5.74, 6) is 2.71. The molecular formula is C10H15IN2OS. The second kappa shape index (κ2) is 6.52. The molecule has 15 heavy (non-hydrogen) atoms. The first-order valence-corrected chi connectivity index (χ1v) is 7.27. The smallest absolute Gasteiger partial charge is 0.264 e. The van der Waals surface area contributed by atoms with Gasteiger partial charge in [0.2, 0.25) is 0 Å². The number of aromatic nitrogens is 2. The molecule has 1 heterocycles. The molecule has 3 nitrogen and oxygen atoms in total. The maximum atomic E-state index is 11.5. The highest BCUT2D eigenvalue weighted by Gasteiger charge is 2.06. The van der Waals surface area contributed by atoms with Gasteiger partial charge in [-0.25, -0.2) is 4.98 Å². The summed E-state index contributed by atoms with van der Waals surface area (Å²) < 4.78 is 0.722. The zero-order valence-corrected chi connectivity index (χ0v) is 11.9. The number of nitrogens with zero attached hydrogens (tertiary/aromatic N) is 1. The molecule has 0 bridgehead atoms. The van der Waals surface area contributed by atoms with Gasteiger partial charge in [-0.05, 0) is 41.2 Å². The lowest BCUT2D eigenvalue weighted by Gasteiger charge is -2.04. The molecule has 0 saturated carbocycles. The van der Waals surface area contributed by atoms with Crippen molar-refractivity contribution in [1.29, 1.82) is 0 Å². The van der Waals surface area contributed by atoms with Crippen LogP contribution in [0.3, 0.4) is 0 Å². The molecule has 0 amide bonds. The normalized spacial score (nSPS) is 10.6.